The van der Waals surface area contributed by atoms with Gasteiger partial charge in [0, 0.05) is 10.6 Å². The van der Waals surface area contributed by atoms with Gasteiger partial charge in [0.2, 0.25) is 0 Å². The number of carbonyl (C=O) groups excluding carboxylic acids is 1. The maximum absolute atomic E-state index is 12.5. The number of aliphatic imine (C=N–C) groups is 1. The Bertz CT molecular complexity index is 816. The van der Waals surface area contributed by atoms with Gasteiger partial charge < -0.3 is 0 Å². The molecule has 0 aliphatic rings. The Morgan fingerprint density at radius 2 is 1.70 bits per heavy atom. The Labute approximate surface area is 140 Å². The van der Waals surface area contributed by atoms with Crippen LogP contribution < -0.4 is 4.72 Å². The Morgan fingerprint density at radius 3 is 2.26 bits per heavy atom. The van der Waals surface area contributed by atoms with Crippen LogP contribution in [0.5, 0.6) is 0 Å². The van der Waals surface area contributed by atoms with Crippen molar-refractivity contribution in [3.8, 4) is 0 Å². The van der Waals surface area contributed by atoms with Crippen molar-refractivity contribution >= 4 is 33.2 Å². The predicted octanol–water partition coefficient (Wildman–Crippen LogP) is 2.65. The van der Waals surface area contributed by atoms with E-state index in [0.717, 1.165) is 0 Å². The van der Waals surface area contributed by atoms with E-state index in [1.165, 1.54) is 31.2 Å². The van der Waals surface area contributed by atoms with Crippen molar-refractivity contribution in [2.45, 2.75) is 11.8 Å². The van der Waals surface area contributed by atoms with Gasteiger partial charge in [0.05, 0.1) is 11.4 Å². The first-order chi connectivity index (χ1) is 10.9. The molecule has 0 unspecified atom stereocenters. The van der Waals surface area contributed by atoms with Crippen molar-refractivity contribution in [1.82, 2.24) is 4.72 Å². The van der Waals surface area contributed by atoms with E-state index in [1.54, 1.807) is 30.3 Å². The Kier molecular flexibility index (Phi) is 5.52. The van der Waals surface area contributed by atoms with Crippen molar-refractivity contribution in [3.05, 3.63) is 65.2 Å². The fraction of sp³-hybridized carbons (Fsp3) is 0.125. The van der Waals surface area contributed by atoms with Crippen molar-refractivity contribution < 1.29 is 13.2 Å². The van der Waals surface area contributed by atoms with Crippen LogP contribution in [0, 0.1) is 0 Å². The van der Waals surface area contributed by atoms with Crippen LogP contribution in [0.4, 0.5) is 0 Å². The normalized spacial score (nSPS) is 12.0. The Morgan fingerprint density at radius 1 is 1.09 bits per heavy atom. The molecule has 0 amide bonds. The van der Waals surface area contributed by atoms with Crippen molar-refractivity contribution in [2.75, 3.05) is 6.54 Å². The number of benzene rings is 2. The van der Waals surface area contributed by atoms with E-state index >= 15 is 0 Å². The molecule has 0 atom stereocenters. The molecular weight excluding hydrogens is 336 g/mol. The number of amidine groups is 1. The molecule has 5 nitrogen and oxygen atoms in total. The molecule has 0 aliphatic heterocycles. The second-order valence-corrected chi connectivity index (χ2v) is 6.91. The van der Waals surface area contributed by atoms with Crippen LogP contribution in [0.15, 0.2) is 64.5 Å². The molecule has 2 rings (SSSR count). The lowest BCUT2D eigenvalue weighted by atomic mass is 10.2. The van der Waals surface area contributed by atoms with Gasteiger partial charge in [0.15, 0.2) is 5.78 Å². The number of halogens is 1. The first kappa shape index (κ1) is 17.2. The third kappa shape index (κ3) is 4.91. The van der Waals surface area contributed by atoms with Gasteiger partial charge in [-0.05, 0) is 31.2 Å². The average molecular weight is 351 g/mol. The maximum Gasteiger partial charge on any atom is 0.263 e. The molecule has 2 aromatic carbocycles. The number of nitrogens with one attached hydrogen (secondary N) is 1. The highest BCUT2D eigenvalue weighted by atomic mass is 35.5. The fourth-order valence-corrected chi connectivity index (χ4v) is 2.94. The van der Waals surface area contributed by atoms with Crippen molar-refractivity contribution in [3.63, 3.8) is 0 Å². The third-order valence-corrected chi connectivity index (χ3v) is 4.47. The molecular formula is C16H15ClN2O3S. The van der Waals surface area contributed by atoms with Gasteiger partial charge in [-0.2, -0.15) is 0 Å². The highest BCUT2D eigenvalue weighted by Crippen LogP contribution is 2.14. The number of hydrogen-bond acceptors (Lipinski definition) is 4. The van der Waals surface area contributed by atoms with Gasteiger partial charge in [-0.1, -0.05) is 41.9 Å². The lowest BCUT2D eigenvalue weighted by molar-refractivity contribution is -0.115. The van der Waals surface area contributed by atoms with E-state index < -0.39 is 10.0 Å². The number of carbonyl (C=O) groups is 1. The van der Waals surface area contributed by atoms with Gasteiger partial charge in [0.25, 0.3) is 10.0 Å². The molecule has 0 saturated carbocycles. The van der Waals surface area contributed by atoms with E-state index in [-0.39, 0.29) is 23.1 Å². The van der Waals surface area contributed by atoms with E-state index in [9.17, 15) is 13.2 Å². The molecule has 1 N–H and O–H groups in total. The van der Waals surface area contributed by atoms with E-state index in [0.29, 0.717) is 10.6 Å². The van der Waals surface area contributed by atoms with Gasteiger partial charge in [-0.25, -0.2) is 8.42 Å². The van der Waals surface area contributed by atoms with Gasteiger partial charge in [-0.3, -0.25) is 14.5 Å². The summed E-state index contributed by atoms with van der Waals surface area (Å²) < 4.78 is 27.3. The number of rotatable bonds is 5. The Hall–Kier alpha value is -2.18. The highest BCUT2D eigenvalue weighted by molar-refractivity contribution is 7.90. The minimum Gasteiger partial charge on any atom is -0.298 e. The summed E-state index contributed by atoms with van der Waals surface area (Å²) >= 11 is 5.77. The van der Waals surface area contributed by atoms with Gasteiger partial charge in [0.1, 0.15) is 5.84 Å². The third-order valence-electron chi connectivity index (χ3n) is 2.86. The number of nitrogens with zero attached hydrogens (tertiary/aromatic N) is 1. The molecule has 0 aliphatic carbocycles. The second kappa shape index (κ2) is 7.39. The maximum atomic E-state index is 12.5. The number of sulfonamides is 1. The summed E-state index contributed by atoms with van der Waals surface area (Å²) in [5.41, 5.74) is 0.575. The quantitative estimate of drug-likeness (QED) is 0.665. The van der Waals surface area contributed by atoms with Crippen LogP contribution in [0.1, 0.15) is 12.5 Å². The summed E-state index contributed by atoms with van der Waals surface area (Å²) in [5, 5.41) is 0.442. The number of ketones is 1. The summed E-state index contributed by atoms with van der Waals surface area (Å²) in [6, 6.07) is 14.5. The molecule has 0 saturated heterocycles. The molecule has 0 fully saturated rings. The number of Topliss-reactive ketones (excluding diaryl/α,β-unsaturated/α-hetero) is 1. The van der Waals surface area contributed by atoms with Crippen LogP contribution in [-0.2, 0) is 14.8 Å². The molecule has 0 aromatic heterocycles. The Balaban J connectivity index is 2.35. The smallest absolute Gasteiger partial charge is 0.263 e. The summed E-state index contributed by atoms with van der Waals surface area (Å²) in [4.78, 5) is 15.3. The fourth-order valence-electron chi connectivity index (χ4n) is 1.77. The van der Waals surface area contributed by atoms with Crippen LogP contribution in [0.25, 0.3) is 0 Å². The molecule has 0 heterocycles. The summed E-state index contributed by atoms with van der Waals surface area (Å²) in [5.74, 6) is -0.0418. The molecule has 23 heavy (non-hydrogen) atoms. The lowest BCUT2D eigenvalue weighted by Gasteiger charge is -2.11. The molecule has 0 spiro atoms. The average Bonchev–Trinajstić information content (AvgIpc) is 2.52. The predicted molar refractivity (Wildman–Crippen MR) is 90.3 cm³/mol. The summed E-state index contributed by atoms with van der Waals surface area (Å²) in [7, 11) is -3.82. The molecule has 7 heteroatoms. The van der Waals surface area contributed by atoms with Gasteiger partial charge >= 0.3 is 0 Å². The zero-order chi connectivity index (χ0) is 16.9. The zero-order valence-electron chi connectivity index (χ0n) is 12.4. The first-order valence-corrected chi connectivity index (χ1v) is 8.62. The van der Waals surface area contributed by atoms with Crippen LogP contribution in [-0.4, -0.2) is 26.6 Å². The molecule has 0 radical (unpaired) electrons. The SMILES string of the molecule is CC(=O)CN=C(NS(=O)(=O)c1ccc(Cl)cc1)c1ccccc1. The topological polar surface area (TPSA) is 75.6 Å². The van der Waals surface area contributed by atoms with Crippen LogP contribution in [0.3, 0.4) is 0 Å². The largest absolute Gasteiger partial charge is 0.298 e. The van der Waals surface area contributed by atoms with Gasteiger partial charge in [-0.15, -0.1) is 0 Å². The molecule has 2 aromatic rings. The van der Waals surface area contributed by atoms with E-state index in [2.05, 4.69) is 9.71 Å². The summed E-state index contributed by atoms with van der Waals surface area (Å²) in [6.07, 6.45) is 0. The number of hydrogen-bond donors (Lipinski definition) is 1. The molecule has 0 bridgehead atoms. The van der Waals surface area contributed by atoms with Crippen molar-refractivity contribution in [2.24, 2.45) is 4.99 Å². The monoisotopic (exact) mass is 350 g/mol. The highest BCUT2D eigenvalue weighted by Gasteiger charge is 2.17. The zero-order valence-corrected chi connectivity index (χ0v) is 13.9. The minimum absolute atomic E-state index is 0.0633. The minimum atomic E-state index is -3.82. The summed E-state index contributed by atoms with van der Waals surface area (Å²) in [6.45, 7) is 1.28. The van der Waals surface area contributed by atoms with Crippen LogP contribution >= 0.6 is 11.6 Å². The molecule has 120 valence electrons. The first-order valence-electron chi connectivity index (χ1n) is 6.76. The van der Waals surface area contributed by atoms with Crippen LogP contribution in [0.2, 0.25) is 5.02 Å². The van der Waals surface area contributed by atoms with E-state index in [1.807, 2.05) is 0 Å². The lowest BCUT2D eigenvalue weighted by Crippen LogP contribution is -2.32. The van der Waals surface area contributed by atoms with Crippen molar-refractivity contribution in [1.29, 1.82) is 0 Å². The second-order valence-electron chi connectivity index (χ2n) is 4.79. The van der Waals surface area contributed by atoms with E-state index in [4.69, 9.17) is 11.6 Å². The standard InChI is InChI=1S/C16H15ClN2O3S/c1-12(20)11-18-16(13-5-3-2-4-6-13)19-23(21,22)15-9-7-14(17)8-10-15/h2-10H,11H2,1H3,(H,18,19).